The number of carbonyl (C=O) groups is 2. The normalized spacial score (nSPS) is 15.0. The van der Waals surface area contributed by atoms with Gasteiger partial charge in [0.15, 0.2) is 17.0 Å². The van der Waals surface area contributed by atoms with Crippen LogP contribution in [0.2, 0.25) is 0 Å². The van der Waals surface area contributed by atoms with E-state index < -0.39 is 27.0 Å². The van der Waals surface area contributed by atoms with E-state index in [1.165, 1.54) is 12.1 Å². The Balaban J connectivity index is 1.71. The smallest absolute Gasteiger partial charge is 0.284 e. The fraction of sp³-hybridized carbons (Fsp3) is 0.0833. The Morgan fingerprint density at radius 2 is 1.34 bits per heavy atom. The molecule has 1 aliphatic carbocycles. The van der Waals surface area contributed by atoms with Gasteiger partial charge in [0.1, 0.15) is 5.69 Å². The molecule has 8 heteroatoms. The van der Waals surface area contributed by atoms with Crippen molar-refractivity contribution < 1.29 is 18.0 Å². The lowest BCUT2D eigenvalue weighted by atomic mass is 9.73. The van der Waals surface area contributed by atoms with Gasteiger partial charge < -0.3 is 0 Å². The van der Waals surface area contributed by atoms with Crippen LogP contribution in [0.25, 0.3) is 0 Å². The second-order valence-electron chi connectivity index (χ2n) is 7.61. The van der Waals surface area contributed by atoms with Gasteiger partial charge in [0.25, 0.3) is 10.0 Å². The highest BCUT2D eigenvalue weighted by molar-refractivity contribution is 7.89. The van der Waals surface area contributed by atoms with Crippen LogP contribution in [0.5, 0.6) is 0 Å². The van der Waals surface area contributed by atoms with Crippen molar-refractivity contribution in [2.24, 2.45) is 0 Å². The zero-order valence-corrected chi connectivity index (χ0v) is 17.8. The molecule has 0 bridgehead atoms. The number of nitrogens with zero attached hydrogens (tertiary/aromatic N) is 3. The first-order chi connectivity index (χ1) is 15.4. The van der Waals surface area contributed by atoms with Crippen molar-refractivity contribution in [3.63, 3.8) is 0 Å². The van der Waals surface area contributed by atoms with Crippen molar-refractivity contribution in [2.45, 2.75) is 17.2 Å². The molecule has 0 amide bonds. The number of rotatable bonds is 4. The molecule has 0 aliphatic heterocycles. The average molecular weight is 443 g/mol. The summed E-state index contributed by atoms with van der Waals surface area (Å²) in [5, 5.41) is 7.84. The van der Waals surface area contributed by atoms with E-state index in [-0.39, 0.29) is 21.7 Å². The molecular weight excluding hydrogens is 426 g/mol. The Morgan fingerprint density at radius 3 is 1.94 bits per heavy atom. The summed E-state index contributed by atoms with van der Waals surface area (Å²) in [6.07, 6.45) is 1.16. The maximum atomic E-state index is 13.6. The number of carbonyl (C=O) groups excluding carboxylic acids is 2. The molecule has 0 unspecified atom stereocenters. The maximum Gasteiger partial charge on any atom is 0.284 e. The van der Waals surface area contributed by atoms with Crippen molar-refractivity contribution in [1.82, 2.24) is 14.4 Å². The van der Waals surface area contributed by atoms with Gasteiger partial charge in [0, 0.05) is 11.1 Å². The molecule has 0 saturated heterocycles. The van der Waals surface area contributed by atoms with Gasteiger partial charge in [-0.2, -0.15) is 8.42 Å². The van der Waals surface area contributed by atoms with E-state index in [1.807, 2.05) is 6.92 Å². The predicted molar refractivity (Wildman–Crippen MR) is 116 cm³/mol. The summed E-state index contributed by atoms with van der Waals surface area (Å²) >= 11 is 0. The summed E-state index contributed by atoms with van der Waals surface area (Å²) in [7, 11) is -4.06. The van der Waals surface area contributed by atoms with Crippen molar-refractivity contribution in [1.29, 1.82) is 0 Å². The zero-order valence-electron chi connectivity index (χ0n) is 17.0. The molecule has 7 nitrogen and oxygen atoms in total. The lowest BCUT2D eigenvalue weighted by molar-refractivity contribution is 0.0825. The van der Waals surface area contributed by atoms with Crippen LogP contribution in [0, 0.1) is 6.92 Å². The third-order valence-electron chi connectivity index (χ3n) is 5.73. The van der Waals surface area contributed by atoms with Crippen LogP contribution >= 0.6 is 0 Å². The molecule has 0 saturated carbocycles. The molecule has 0 fully saturated rings. The standard InChI is InChI=1S/C24H17N3O4S/c1-16-11-13-18(14-12-16)32(30,31)27-15-21(25-26-27)24(17-7-3-2-4-8-17)22(28)19-9-5-6-10-20(19)23(24)29/h2-15H,1H3. The minimum Gasteiger partial charge on any atom is -0.292 e. The summed E-state index contributed by atoms with van der Waals surface area (Å²) < 4.78 is 26.9. The van der Waals surface area contributed by atoms with Crippen molar-refractivity contribution >= 4 is 21.6 Å². The topological polar surface area (TPSA) is 99.0 Å². The fourth-order valence-electron chi connectivity index (χ4n) is 4.07. The highest BCUT2D eigenvalue weighted by Crippen LogP contribution is 2.44. The quantitative estimate of drug-likeness (QED) is 0.449. The molecule has 32 heavy (non-hydrogen) atoms. The number of fused-ring (bicyclic) bond motifs is 1. The second kappa shape index (κ2) is 7.06. The molecule has 3 aromatic carbocycles. The van der Waals surface area contributed by atoms with Crippen LogP contribution in [0.4, 0.5) is 0 Å². The number of aryl methyl sites for hydroxylation is 1. The first kappa shape index (κ1) is 20.0. The number of Topliss-reactive ketones (excluding diaryl/α,β-unsaturated/α-hetero) is 2. The van der Waals surface area contributed by atoms with E-state index in [9.17, 15) is 18.0 Å². The summed E-state index contributed by atoms with van der Waals surface area (Å²) in [5.74, 6) is -0.909. The molecule has 158 valence electrons. The second-order valence-corrected chi connectivity index (χ2v) is 9.41. The van der Waals surface area contributed by atoms with E-state index in [0.29, 0.717) is 9.65 Å². The predicted octanol–water partition coefficient (Wildman–Crippen LogP) is 3.19. The van der Waals surface area contributed by atoms with Crippen LogP contribution in [-0.2, 0) is 15.4 Å². The summed E-state index contributed by atoms with van der Waals surface area (Å²) in [5.41, 5.74) is 0.0313. The number of hydrogen-bond donors (Lipinski definition) is 0. The lowest BCUT2D eigenvalue weighted by Gasteiger charge is -2.23. The Labute approximate surface area is 184 Å². The first-order valence-electron chi connectivity index (χ1n) is 9.86. The van der Waals surface area contributed by atoms with E-state index in [0.717, 1.165) is 11.8 Å². The Kier molecular flexibility index (Phi) is 4.42. The molecule has 0 atom stereocenters. The van der Waals surface area contributed by atoms with Gasteiger partial charge >= 0.3 is 0 Å². The molecule has 1 aromatic heterocycles. The van der Waals surface area contributed by atoms with E-state index in [4.69, 9.17) is 0 Å². The molecule has 1 heterocycles. The van der Waals surface area contributed by atoms with Gasteiger partial charge in [-0.3, -0.25) is 9.59 Å². The van der Waals surface area contributed by atoms with Crippen LogP contribution in [-0.4, -0.2) is 34.4 Å². The highest BCUT2D eigenvalue weighted by Gasteiger charge is 2.57. The molecule has 4 aromatic rings. The van der Waals surface area contributed by atoms with Crippen LogP contribution < -0.4 is 0 Å². The lowest BCUT2D eigenvalue weighted by Crippen LogP contribution is -2.40. The number of hydrogen-bond acceptors (Lipinski definition) is 6. The molecule has 1 aliphatic rings. The Morgan fingerprint density at radius 1 is 0.781 bits per heavy atom. The van der Waals surface area contributed by atoms with E-state index in [1.54, 1.807) is 66.7 Å². The highest BCUT2D eigenvalue weighted by atomic mass is 32.2. The van der Waals surface area contributed by atoms with Gasteiger partial charge in [0.05, 0.1) is 11.1 Å². The average Bonchev–Trinajstić information content (AvgIpc) is 3.39. The molecule has 0 spiro atoms. The van der Waals surface area contributed by atoms with E-state index >= 15 is 0 Å². The van der Waals surface area contributed by atoms with Crippen molar-refractivity contribution in [3.8, 4) is 0 Å². The monoisotopic (exact) mass is 443 g/mol. The molecule has 0 N–H and O–H groups in total. The molecule has 0 radical (unpaired) electrons. The number of aromatic nitrogens is 3. The van der Waals surface area contributed by atoms with Gasteiger partial charge in [0.2, 0.25) is 0 Å². The SMILES string of the molecule is Cc1ccc(S(=O)(=O)n2cc(C3(c4ccccc4)C(=O)c4ccccc4C3=O)nn2)cc1. The van der Waals surface area contributed by atoms with Gasteiger partial charge in [-0.1, -0.05) is 77.5 Å². The minimum absolute atomic E-state index is 0.0284. The Hall–Kier alpha value is -3.91. The maximum absolute atomic E-state index is 13.6. The fourth-order valence-corrected chi connectivity index (χ4v) is 5.14. The third-order valence-corrected chi connectivity index (χ3v) is 7.27. The first-order valence-corrected chi connectivity index (χ1v) is 11.3. The van der Waals surface area contributed by atoms with Crippen molar-refractivity contribution in [2.75, 3.05) is 0 Å². The van der Waals surface area contributed by atoms with Crippen LogP contribution in [0.3, 0.4) is 0 Å². The summed E-state index contributed by atoms with van der Waals surface area (Å²) in [6.45, 7) is 1.85. The van der Waals surface area contributed by atoms with Gasteiger partial charge in [-0.25, -0.2) is 0 Å². The molecule has 5 rings (SSSR count). The Bertz CT molecular complexity index is 1440. The largest absolute Gasteiger partial charge is 0.292 e. The van der Waals surface area contributed by atoms with Crippen LogP contribution in [0.1, 0.15) is 37.5 Å². The third kappa shape index (κ3) is 2.69. The van der Waals surface area contributed by atoms with Crippen LogP contribution in [0.15, 0.2) is 90.0 Å². The van der Waals surface area contributed by atoms with E-state index in [2.05, 4.69) is 10.3 Å². The van der Waals surface area contributed by atoms with Gasteiger partial charge in [-0.05, 0) is 24.6 Å². The number of benzene rings is 3. The number of ketones is 2. The van der Waals surface area contributed by atoms with Crippen molar-refractivity contribution in [3.05, 3.63) is 113 Å². The van der Waals surface area contributed by atoms with Gasteiger partial charge in [-0.15, -0.1) is 9.19 Å². The zero-order chi connectivity index (χ0) is 22.5. The minimum atomic E-state index is -4.06. The summed E-state index contributed by atoms with van der Waals surface area (Å²) in [6, 6.07) is 21.4. The summed E-state index contributed by atoms with van der Waals surface area (Å²) in [4.78, 5) is 27.3. The molecular formula is C24H17N3O4S.